The van der Waals surface area contributed by atoms with Gasteiger partial charge in [0.25, 0.3) is 0 Å². The lowest BCUT2D eigenvalue weighted by molar-refractivity contribution is -0.157. The molecule has 0 unspecified atom stereocenters. The Hall–Kier alpha value is -2.10. The molecule has 1 amide bonds. The van der Waals surface area contributed by atoms with Crippen LogP contribution < -0.4 is 0 Å². The van der Waals surface area contributed by atoms with Gasteiger partial charge in [-0.25, -0.2) is 4.79 Å². The van der Waals surface area contributed by atoms with Gasteiger partial charge in [0.15, 0.2) is 5.54 Å². The first-order valence-electron chi connectivity index (χ1n) is 6.63. The molecule has 1 aromatic rings. The van der Waals surface area contributed by atoms with E-state index >= 15 is 0 Å². The van der Waals surface area contributed by atoms with Gasteiger partial charge in [-0.1, -0.05) is 36.4 Å². The number of hydrogen-bond donors (Lipinski definition) is 0. The van der Waals surface area contributed by atoms with Crippen molar-refractivity contribution >= 4 is 11.9 Å². The maximum Gasteiger partial charge on any atom is 0.336 e. The van der Waals surface area contributed by atoms with E-state index in [2.05, 4.69) is 0 Å². The Morgan fingerprint density at radius 2 is 1.95 bits per heavy atom. The van der Waals surface area contributed by atoms with Crippen LogP contribution in [-0.4, -0.2) is 35.5 Å². The number of benzene rings is 1. The lowest BCUT2D eigenvalue weighted by atomic mass is 9.90. The lowest BCUT2D eigenvalue weighted by Gasteiger charge is -2.37. The van der Waals surface area contributed by atoms with E-state index in [1.807, 2.05) is 43.3 Å². The highest BCUT2D eigenvalue weighted by molar-refractivity contribution is 5.91. The quantitative estimate of drug-likeness (QED) is 0.624. The van der Waals surface area contributed by atoms with Gasteiger partial charge in [0.05, 0.1) is 7.11 Å². The SMILES string of the molecule is COC(=O)[C@@]1(Cc2ccccc2)C=C[C@@H](C)N1C(C)=O. The predicted molar refractivity (Wildman–Crippen MR) is 76.0 cm³/mol. The molecule has 0 saturated heterocycles. The second kappa shape index (κ2) is 5.49. The smallest absolute Gasteiger partial charge is 0.336 e. The number of carbonyl (C=O) groups is 2. The molecular weight excluding hydrogens is 254 g/mol. The minimum absolute atomic E-state index is 0.115. The van der Waals surface area contributed by atoms with Crippen molar-refractivity contribution in [1.82, 2.24) is 4.90 Å². The molecule has 0 aromatic heterocycles. The van der Waals surface area contributed by atoms with Crippen molar-refractivity contribution in [3.63, 3.8) is 0 Å². The molecule has 1 heterocycles. The van der Waals surface area contributed by atoms with E-state index in [9.17, 15) is 9.59 Å². The van der Waals surface area contributed by atoms with Crippen LogP contribution in [-0.2, 0) is 20.7 Å². The number of methoxy groups -OCH3 is 1. The predicted octanol–water partition coefficient (Wildman–Crippen LogP) is 1.95. The van der Waals surface area contributed by atoms with Crippen LogP contribution in [0.25, 0.3) is 0 Å². The molecule has 4 nitrogen and oxygen atoms in total. The van der Waals surface area contributed by atoms with E-state index in [-0.39, 0.29) is 11.9 Å². The Labute approximate surface area is 119 Å². The first-order valence-corrected chi connectivity index (χ1v) is 6.63. The normalized spacial score (nSPS) is 24.8. The average Bonchev–Trinajstić information content (AvgIpc) is 2.77. The number of amides is 1. The fourth-order valence-electron chi connectivity index (χ4n) is 2.86. The third-order valence-corrected chi connectivity index (χ3v) is 3.68. The van der Waals surface area contributed by atoms with Gasteiger partial charge in [-0.05, 0) is 18.6 Å². The molecule has 1 aromatic carbocycles. The van der Waals surface area contributed by atoms with Gasteiger partial charge in [-0.3, -0.25) is 4.79 Å². The zero-order valence-corrected chi connectivity index (χ0v) is 12.0. The van der Waals surface area contributed by atoms with Gasteiger partial charge in [-0.2, -0.15) is 0 Å². The fourth-order valence-corrected chi connectivity index (χ4v) is 2.86. The van der Waals surface area contributed by atoms with Crippen molar-refractivity contribution in [3.05, 3.63) is 48.0 Å². The summed E-state index contributed by atoms with van der Waals surface area (Å²) in [5, 5.41) is 0. The van der Waals surface area contributed by atoms with Crippen molar-refractivity contribution in [2.45, 2.75) is 31.8 Å². The van der Waals surface area contributed by atoms with E-state index in [1.165, 1.54) is 14.0 Å². The minimum atomic E-state index is -1.04. The van der Waals surface area contributed by atoms with Crippen LogP contribution >= 0.6 is 0 Å². The monoisotopic (exact) mass is 273 g/mol. The van der Waals surface area contributed by atoms with Gasteiger partial charge in [0, 0.05) is 19.4 Å². The topological polar surface area (TPSA) is 46.6 Å². The second-order valence-corrected chi connectivity index (χ2v) is 5.07. The highest BCUT2D eigenvalue weighted by Gasteiger charge is 2.49. The fraction of sp³-hybridized carbons (Fsp3) is 0.375. The van der Waals surface area contributed by atoms with Crippen molar-refractivity contribution in [3.8, 4) is 0 Å². The molecule has 4 heteroatoms. The summed E-state index contributed by atoms with van der Waals surface area (Å²) in [7, 11) is 1.35. The van der Waals surface area contributed by atoms with Crippen molar-refractivity contribution < 1.29 is 14.3 Å². The molecule has 0 N–H and O–H groups in total. The van der Waals surface area contributed by atoms with Crippen LogP contribution in [0, 0.1) is 0 Å². The molecule has 1 aliphatic rings. The van der Waals surface area contributed by atoms with Crippen molar-refractivity contribution in [2.75, 3.05) is 7.11 Å². The molecule has 2 rings (SSSR count). The Bertz CT molecular complexity index is 538. The molecule has 2 atom stereocenters. The molecule has 0 saturated carbocycles. The molecule has 0 bridgehead atoms. The molecule has 0 radical (unpaired) electrons. The Morgan fingerprint density at radius 3 is 2.50 bits per heavy atom. The van der Waals surface area contributed by atoms with Crippen LogP contribution in [0.15, 0.2) is 42.5 Å². The standard InChI is InChI=1S/C16H19NO3/c1-12-9-10-16(15(19)20-3,17(12)13(2)18)11-14-7-5-4-6-8-14/h4-10,12H,11H2,1-3H3/t12-,16+/m1/s1. The summed E-state index contributed by atoms with van der Waals surface area (Å²) in [6.45, 7) is 3.37. The molecule has 0 aliphatic carbocycles. The first-order chi connectivity index (χ1) is 9.51. The van der Waals surface area contributed by atoms with Crippen LogP contribution in [0.1, 0.15) is 19.4 Å². The highest BCUT2D eigenvalue weighted by Crippen LogP contribution is 2.32. The first kappa shape index (κ1) is 14.3. The van der Waals surface area contributed by atoms with Crippen LogP contribution in [0.4, 0.5) is 0 Å². The summed E-state index contributed by atoms with van der Waals surface area (Å²) in [6, 6.07) is 9.53. The van der Waals surface area contributed by atoms with E-state index in [1.54, 1.807) is 11.0 Å². The van der Waals surface area contributed by atoms with Gasteiger partial charge in [0.2, 0.25) is 5.91 Å². The zero-order chi connectivity index (χ0) is 14.8. The largest absolute Gasteiger partial charge is 0.467 e. The third kappa shape index (κ3) is 2.33. The minimum Gasteiger partial charge on any atom is -0.467 e. The van der Waals surface area contributed by atoms with E-state index < -0.39 is 11.5 Å². The molecule has 0 fully saturated rings. The van der Waals surface area contributed by atoms with Gasteiger partial charge in [-0.15, -0.1) is 0 Å². The highest BCUT2D eigenvalue weighted by atomic mass is 16.5. The molecule has 106 valence electrons. The van der Waals surface area contributed by atoms with E-state index in [0.717, 1.165) is 5.56 Å². The van der Waals surface area contributed by atoms with Crippen LogP contribution in [0.2, 0.25) is 0 Å². The number of rotatable bonds is 3. The Kier molecular flexibility index (Phi) is 3.93. The van der Waals surface area contributed by atoms with Crippen LogP contribution in [0.3, 0.4) is 0 Å². The van der Waals surface area contributed by atoms with Gasteiger partial charge >= 0.3 is 5.97 Å². The summed E-state index contributed by atoms with van der Waals surface area (Å²) in [5.74, 6) is -0.541. The molecule has 1 aliphatic heterocycles. The number of esters is 1. The van der Waals surface area contributed by atoms with Crippen molar-refractivity contribution in [2.24, 2.45) is 0 Å². The Balaban J connectivity index is 2.44. The third-order valence-electron chi connectivity index (χ3n) is 3.68. The summed E-state index contributed by atoms with van der Waals surface area (Å²) < 4.78 is 4.95. The molecule has 0 spiro atoms. The van der Waals surface area contributed by atoms with E-state index in [4.69, 9.17) is 4.74 Å². The maximum absolute atomic E-state index is 12.3. The van der Waals surface area contributed by atoms with Crippen molar-refractivity contribution in [1.29, 1.82) is 0 Å². The molecule has 20 heavy (non-hydrogen) atoms. The molecular formula is C16H19NO3. The summed E-state index contributed by atoms with van der Waals surface area (Å²) >= 11 is 0. The lowest BCUT2D eigenvalue weighted by Crippen LogP contribution is -2.56. The average molecular weight is 273 g/mol. The second-order valence-electron chi connectivity index (χ2n) is 5.07. The number of carbonyl (C=O) groups excluding carboxylic acids is 2. The number of ether oxygens (including phenoxy) is 1. The van der Waals surface area contributed by atoms with Gasteiger partial charge < -0.3 is 9.64 Å². The maximum atomic E-state index is 12.3. The summed E-state index contributed by atoms with van der Waals surface area (Å²) in [5.41, 5.74) is -0.0515. The van der Waals surface area contributed by atoms with E-state index in [0.29, 0.717) is 6.42 Å². The van der Waals surface area contributed by atoms with Crippen LogP contribution in [0.5, 0.6) is 0 Å². The summed E-state index contributed by atoms with van der Waals surface area (Å²) in [4.78, 5) is 25.9. The zero-order valence-electron chi connectivity index (χ0n) is 12.0. The summed E-state index contributed by atoms with van der Waals surface area (Å²) in [6.07, 6.45) is 4.08. The number of hydrogen-bond acceptors (Lipinski definition) is 3. The number of nitrogens with zero attached hydrogens (tertiary/aromatic N) is 1. The Morgan fingerprint density at radius 1 is 1.30 bits per heavy atom. The van der Waals surface area contributed by atoms with Gasteiger partial charge in [0.1, 0.15) is 0 Å².